The number of esters is 1. The number of hydrogen-bond acceptors (Lipinski definition) is 7. The highest BCUT2D eigenvalue weighted by atomic mass is 16.6. The molecule has 9 nitrogen and oxygen atoms in total. The molecule has 1 fully saturated rings. The first kappa shape index (κ1) is 23.4. The zero-order valence-corrected chi connectivity index (χ0v) is 18.4. The van der Waals surface area contributed by atoms with Crippen LogP contribution < -0.4 is 5.32 Å². The SMILES string of the molecule is CCN1CCN(Cc2ccccc2CNC(=O)c2cc(C(=O)OC)cc([N+](=O)[O-])c2)CC1. The van der Waals surface area contributed by atoms with Crippen LogP contribution in [-0.4, -0.2) is 66.4 Å². The summed E-state index contributed by atoms with van der Waals surface area (Å²) in [5, 5.41) is 14.0. The van der Waals surface area contributed by atoms with E-state index in [0.717, 1.165) is 62.5 Å². The predicted molar refractivity (Wildman–Crippen MR) is 119 cm³/mol. The van der Waals surface area contributed by atoms with Crippen molar-refractivity contribution in [3.63, 3.8) is 0 Å². The smallest absolute Gasteiger partial charge is 0.338 e. The second kappa shape index (κ2) is 10.8. The maximum atomic E-state index is 12.7. The van der Waals surface area contributed by atoms with Crippen molar-refractivity contribution in [2.45, 2.75) is 20.0 Å². The van der Waals surface area contributed by atoms with Crippen molar-refractivity contribution in [3.8, 4) is 0 Å². The summed E-state index contributed by atoms with van der Waals surface area (Å²) in [6.45, 7) is 8.40. The fraction of sp³-hybridized carbons (Fsp3) is 0.391. The third-order valence-electron chi connectivity index (χ3n) is 5.68. The number of likely N-dealkylation sites (N-methyl/N-ethyl adjacent to an activating group) is 1. The Hall–Kier alpha value is -3.30. The van der Waals surface area contributed by atoms with Gasteiger partial charge < -0.3 is 15.0 Å². The number of nitrogens with one attached hydrogen (secondary N) is 1. The molecule has 0 aliphatic carbocycles. The third kappa shape index (κ3) is 5.89. The van der Waals surface area contributed by atoms with Gasteiger partial charge >= 0.3 is 5.97 Å². The molecule has 2 aromatic carbocycles. The number of nitrogens with zero attached hydrogens (tertiary/aromatic N) is 3. The molecule has 0 saturated carbocycles. The monoisotopic (exact) mass is 440 g/mol. The van der Waals surface area contributed by atoms with Gasteiger partial charge in [-0.3, -0.25) is 19.8 Å². The second-order valence-electron chi connectivity index (χ2n) is 7.68. The zero-order chi connectivity index (χ0) is 23.1. The first-order valence-corrected chi connectivity index (χ1v) is 10.6. The Morgan fingerprint density at radius 2 is 1.66 bits per heavy atom. The van der Waals surface area contributed by atoms with Gasteiger partial charge in [0.2, 0.25) is 0 Å². The standard InChI is InChI=1S/C23H28N4O5/c1-3-25-8-10-26(11-9-25)16-18-7-5-4-6-17(18)15-24-22(28)19-12-20(23(29)32-2)14-21(13-19)27(30)31/h4-7,12-14H,3,8-11,15-16H2,1-2H3,(H,24,28). The fourth-order valence-electron chi connectivity index (χ4n) is 3.75. The Bertz CT molecular complexity index is 986. The Kier molecular flexibility index (Phi) is 7.91. The van der Waals surface area contributed by atoms with Gasteiger partial charge in [-0.2, -0.15) is 0 Å². The van der Waals surface area contributed by atoms with Crippen LogP contribution in [0.1, 0.15) is 38.8 Å². The van der Waals surface area contributed by atoms with Crippen LogP contribution in [0.2, 0.25) is 0 Å². The highest BCUT2D eigenvalue weighted by Gasteiger charge is 2.19. The van der Waals surface area contributed by atoms with Crippen LogP contribution in [0.4, 0.5) is 5.69 Å². The molecule has 9 heteroatoms. The number of ether oxygens (including phenoxy) is 1. The largest absolute Gasteiger partial charge is 0.465 e. The van der Waals surface area contributed by atoms with Gasteiger partial charge in [0, 0.05) is 57.0 Å². The molecular weight excluding hydrogens is 412 g/mol. The lowest BCUT2D eigenvalue weighted by atomic mass is 10.1. The Labute approximate surface area is 187 Å². The highest BCUT2D eigenvalue weighted by Crippen LogP contribution is 2.19. The van der Waals surface area contributed by atoms with Crippen molar-refractivity contribution in [2.75, 3.05) is 39.8 Å². The number of hydrogen-bond donors (Lipinski definition) is 1. The molecule has 0 radical (unpaired) electrons. The molecule has 2 aromatic rings. The summed E-state index contributed by atoms with van der Waals surface area (Å²) >= 11 is 0. The van der Waals surface area contributed by atoms with E-state index in [4.69, 9.17) is 0 Å². The van der Waals surface area contributed by atoms with E-state index in [1.165, 1.54) is 13.2 Å². The number of nitro benzene ring substituents is 1. The van der Waals surface area contributed by atoms with Crippen LogP contribution in [0, 0.1) is 10.1 Å². The molecule has 170 valence electrons. The number of nitro groups is 1. The topological polar surface area (TPSA) is 105 Å². The summed E-state index contributed by atoms with van der Waals surface area (Å²) in [6.07, 6.45) is 0. The predicted octanol–water partition coefficient (Wildman–Crippen LogP) is 2.45. The minimum absolute atomic E-state index is 0.0350. The second-order valence-corrected chi connectivity index (χ2v) is 7.68. The summed E-state index contributed by atoms with van der Waals surface area (Å²) in [5.41, 5.74) is 1.76. The molecule has 0 aromatic heterocycles. The maximum absolute atomic E-state index is 12.7. The highest BCUT2D eigenvalue weighted by molar-refractivity contribution is 5.98. The number of carbonyl (C=O) groups is 2. The summed E-state index contributed by atoms with van der Waals surface area (Å²) in [4.78, 5) is 39.9. The van der Waals surface area contributed by atoms with Crippen molar-refractivity contribution in [2.24, 2.45) is 0 Å². The first-order valence-electron chi connectivity index (χ1n) is 10.6. The average Bonchev–Trinajstić information content (AvgIpc) is 2.82. The molecule has 1 aliphatic heterocycles. The maximum Gasteiger partial charge on any atom is 0.338 e. The van der Waals surface area contributed by atoms with Gasteiger partial charge in [0.15, 0.2) is 0 Å². The lowest BCUT2D eigenvalue weighted by molar-refractivity contribution is -0.384. The molecule has 1 aliphatic rings. The van der Waals surface area contributed by atoms with Crippen LogP contribution >= 0.6 is 0 Å². The molecule has 0 unspecified atom stereocenters. The van der Waals surface area contributed by atoms with Crippen molar-refractivity contribution in [3.05, 3.63) is 74.8 Å². The molecule has 0 atom stereocenters. The fourth-order valence-corrected chi connectivity index (χ4v) is 3.75. The van der Waals surface area contributed by atoms with E-state index in [2.05, 4.69) is 32.8 Å². The van der Waals surface area contributed by atoms with E-state index in [1.807, 2.05) is 18.2 Å². The number of rotatable bonds is 8. The quantitative estimate of drug-likeness (QED) is 0.382. The van der Waals surface area contributed by atoms with Crippen molar-refractivity contribution in [1.82, 2.24) is 15.1 Å². The van der Waals surface area contributed by atoms with Crippen LogP contribution in [0.5, 0.6) is 0 Å². The van der Waals surface area contributed by atoms with Gasteiger partial charge in [0.05, 0.1) is 17.6 Å². The number of non-ortho nitro benzene ring substituents is 1. The summed E-state index contributed by atoms with van der Waals surface area (Å²) in [6, 6.07) is 11.5. The average molecular weight is 441 g/mol. The van der Waals surface area contributed by atoms with Crippen molar-refractivity contribution < 1.29 is 19.2 Å². The van der Waals surface area contributed by atoms with Gasteiger partial charge in [0.1, 0.15) is 0 Å². The van der Waals surface area contributed by atoms with Crippen LogP contribution in [0.3, 0.4) is 0 Å². The molecule has 32 heavy (non-hydrogen) atoms. The van der Waals surface area contributed by atoms with Crippen LogP contribution in [0.15, 0.2) is 42.5 Å². The van der Waals surface area contributed by atoms with Gasteiger partial charge in [0.25, 0.3) is 11.6 Å². The van der Waals surface area contributed by atoms with Gasteiger partial charge in [-0.25, -0.2) is 4.79 Å². The van der Waals surface area contributed by atoms with E-state index in [0.29, 0.717) is 0 Å². The van der Waals surface area contributed by atoms with E-state index in [9.17, 15) is 19.7 Å². The Balaban J connectivity index is 1.70. The number of benzene rings is 2. The molecule has 0 spiro atoms. The number of amides is 1. The van der Waals surface area contributed by atoms with Gasteiger partial charge in [-0.15, -0.1) is 0 Å². The Morgan fingerprint density at radius 3 is 2.28 bits per heavy atom. The third-order valence-corrected chi connectivity index (χ3v) is 5.68. The number of piperazine rings is 1. The van der Waals surface area contributed by atoms with E-state index in [1.54, 1.807) is 0 Å². The van der Waals surface area contributed by atoms with E-state index >= 15 is 0 Å². The zero-order valence-electron chi connectivity index (χ0n) is 18.4. The summed E-state index contributed by atoms with van der Waals surface area (Å²) in [5.74, 6) is -1.23. The molecule has 1 amide bonds. The molecular formula is C23H28N4O5. The molecule has 3 rings (SSSR count). The van der Waals surface area contributed by atoms with Gasteiger partial charge in [-0.05, 0) is 23.7 Å². The van der Waals surface area contributed by atoms with Crippen LogP contribution in [0.25, 0.3) is 0 Å². The minimum Gasteiger partial charge on any atom is -0.465 e. The van der Waals surface area contributed by atoms with E-state index in [-0.39, 0.29) is 23.4 Å². The lowest BCUT2D eigenvalue weighted by Gasteiger charge is -2.34. The summed E-state index contributed by atoms with van der Waals surface area (Å²) < 4.78 is 4.64. The molecule has 0 bridgehead atoms. The van der Waals surface area contributed by atoms with Crippen LogP contribution in [-0.2, 0) is 17.8 Å². The number of carbonyl (C=O) groups excluding carboxylic acids is 2. The summed E-state index contributed by atoms with van der Waals surface area (Å²) in [7, 11) is 1.18. The minimum atomic E-state index is -0.740. The Morgan fingerprint density at radius 1 is 1.03 bits per heavy atom. The first-order chi connectivity index (χ1) is 15.4. The number of methoxy groups -OCH3 is 1. The molecule has 1 saturated heterocycles. The lowest BCUT2D eigenvalue weighted by Crippen LogP contribution is -2.45. The van der Waals surface area contributed by atoms with Crippen molar-refractivity contribution in [1.29, 1.82) is 0 Å². The molecule has 1 heterocycles. The normalized spacial score (nSPS) is 14.7. The van der Waals surface area contributed by atoms with Crippen molar-refractivity contribution >= 4 is 17.6 Å². The van der Waals surface area contributed by atoms with E-state index < -0.39 is 16.8 Å². The molecule has 1 N–H and O–H groups in total. The van der Waals surface area contributed by atoms with Gasteiger partial charge in [-0.1, -0.05) is 31.2 Å².